The molecule has 30 heavy (non-hydrogen) atoms. The summed E-state index contributed by atoms with van der Waals surface area (Å²) >= 11 is 6.14. The summed E-state index contributed by atoms with van der Waals surface area (Å²) in [6.45, 7) is 7.08. The maximum absolute atomic E-state index is 12.3. The molecule has 2 aromatic rings. The third-order valence-electron chi connectivity index (χ3n) is 4.05. The van der Waals surface area contributed by atoms with Crippen molar-refractivity contribution in [3.05, 3.63) is 52.3 Å². The van der Waals surface area contributed by atoms with Gasteiger partial charge in [0.2, 0.25) is 0 Å². The monoisotopic (exact) mass is 432 g/mol. The quantitative estimate of drug-likeness (QED) is 0.386. The highest BCUT2D eigenvalue weighted by Gasteiger charge is 2.39. The van der Waals surface area contributed by atoms with Crippen LogP contribution in [-0.4, -0.2) is 30.3 Å². The van der Waals surface area contributed by atoms with E-state index in [0.29, 0.717) is 11.3 Å². The highest BCUT2D eigenvalue weighted by Crippen LogP contribution is 2.29. The first-order valence-corrected chi connectivity index (χ1v) is 9.69. The number of ether oxygens (including phenoxy) is 3. The third-order valence-corrected chi connectivity index (χ3v) is 4.38. The highest BCUT2D eigenvalue weighted by atomic mass is 35.5. The van der Waals surface area contributed by atoms with E-state index in [0.717, 1.165) is 0 Å². The van der Waals surface area contributed by atoms with E-state index in [4.69, 9.17) is 30.2 Å². The molecule has 0 aliphatic carbocycles. The number of cyclic esters (lactones) is 2. The van der Waals surface area contributed by atoms with Gasteiger partial charge in [0.05, 0.1) is 17.2 Å². The molecular formula is C22H21ClO7. The van der Waals surface area contributed by atoms with Crippen molar-refractivity contribution in [1.29, 1.82) is 0 Å². The van der Waals surface area contributed by atoms with Gasteiger partial charge in [-0.2, -0.15) is 0 Å². The summed E-state index contributed by atoms with van der Waals surface area (Å²) in [6.07, 6.45) is 1.25. The van der Waals surface area contributed by atoms with Crippen LogP contribution < -0.4 is 0 Å². The number of hydrogen-bond donors (Lipinski definition) is 0. The van der Waals surface area contributed by atoms with E-state index in [1.54, 1.807) is 30.3 Å². The molecule has 1 aromatic carbocycles. The maximum Gasteiger partial charge on any atom is 0.348 e. The van der Waals surface area contributed by atoms with Crippen LogP contribution in [-0.2, 0) is 23.8 Å². The molecule has 0 unspecified atom stereocenters. The van der Waals surface area contributed by atoms with E-state index in [1.807, 2.05) is 13.8 Å². The average molecular weight is 433 g/mol. The largest absolute Gasteiger partial charge is 0.462 e. The predicted molar refractivity (Wildman–Crippen MR) is 109 cm³/mol. The van der Waals surface area contributed by atoms with Crippen LogP contribution in [0.1, 0.15) is 43.8 Å². The van der Waals surface area contributed by atoms with Crippen LogP contribution in [0.15, 0.2) is 40.3 Å². The summed E-state index contributed by atoms with van der Waals surface area (Å²) < 4.78 is 21.1. The Hall–Kier alpha value is -3.06. The molecule has 0 saturated carbocycles. The SMILES string of the molecule is CC(C)COC(=O)c1cc(-c2ccc(C=C3C(=O)OC(C)(C)OC3=O)o2)ccc1Cl. The first-order chi connectivity index (χ1) is 14.1. The summed E-state index contributed by atoms with van der Waals surface area (Å²) in [5.41, 5.74) is 0.521. The van der Waals surface area contributed by atoms with E-state index in [9.17, 15) is 14.4 Å². The molecule has 1 aliphatic rings. The van der Waals surface area contributed by atoms with Crippen LogP contribution in [0.25, 0.3) is 17.4 Å². The fraction of sp³-hybridized carbons (Fsp3) is 0.318. The second kappa shape index (κ2) is 8.36. The molecule has 0 spiro atoms. The smallest absolute Gasteiger partial charge is 0.348 e. The van der Waals surface area contributed by atoms with Crippen LogP contribution in [0.2, 0.25) is 5.02 Å². The molecule has 0 bridgehead atoms. The first kappa shape index (κ1) is 21.6. The van der Waals surface area contributed by atoms with Gasteiger partial charge >= 0.3 is 17.9 Å². The number of benzene rings is 1. The van der Waals surface area contributed by atoms with Gasteiger partial charge in [-0.25, -0.2) is 14.4 Å². The van der Waals surface area contributed by atoms with Crippen molar-refractivity contribution in [2.45, 2.75) is 33.5 Å². The van der Waals surface area contributed by atoms with Crippen molar-refractivity contribution in [3.8, 4) is 11.3 Å². The van der Waals surface area contributed by atoms with Gasteiger partial charge < -0.3 is 18.6 Å². The van der Waals surface area contributed by atoms with Gasteiger partial charge in [0.25, 0.3) is 5.79 Å². The molecule has 2 heterocycles. The molecule has 1 fully saturated rings. The van der Waals surface area contributed by atoms with Crippen molar-refractivity contribution >= 4 is 35.6 Å². The van der Waals surface area contributed by atoms with Gasteiger partial charge in [0.15, 0.2) is 0 Å². The van der Waals surface area contributed by atoms with Crippen molar-refractivity contribution in [3.63, 3.8) is 0 Å². The van der Waals surface area contributed by atoms with Gasteiger partial charge in [-0.15, -0.1) is 0 Å². The predicted octanol–water partition coefficient (Wildman–Crippen LogP) is 4.63. The number of carbonyl (C=O) groups is 3. The van der Waals surface area contributed by atoms with Crippen molar-refractivity contribution in [2.24, 2.45) is 5.92 Å². The van der Waals surface area contributed by atoms with Crippen LogP contribution in [0.4, 0.5) is 0 Å². The minimum absolute atomic E-state index is 0.195. The van der Waals surface area contributed by atoms with Gasteiger partial charge in [-0.05, 0) is 36.2 Å². The molecule has 0 atom stereocenters. The molecule has 0 N–H and O–H groups in total. The molecule has 0 radical (unpaired) electrons. The molecule has 158 valence electrons. The molecule has 1 saturated heterocycles. The Morgan fingerprint density at radius 1 is 1.13 bits per heavy atom. The minimum atomic E-state index is -1.32. The van der Waals surface area contributed by atoms with Crippen LogP contribution in [0.3, 0.4) is 0 Å². The van der Waals surface area contributed by atoms with Gasteiger partial charge in [0.1, 0.15) is 17.1 Å². The summed E-state index contributed by atoms with van der Waals surface area (Å²) in [4.78, 5) is 36.4. The summed E-state index contributed by atoms with van der Waals surface area (Å²) in [7, 11) is 0. The zero-order valence-corrected chi connectivity index (χ0v) is 17.7. The van der Waals surface area contributed by atoms with Gasteiger partial charge in [-0.3, -0.25) is 0 Å². The zero-order chi connectivity index (χ0) is 22.1. The number of furan rings is 1. The number of esters is 3. The lowest BCUT2D eigenvalue weighted by atomic mass is 10.1. The van der Waals surface area contributed by atoms with Crippen LogP contribution in [0.5, 0.6) is 0 Å². The van der Waals surface area contributed by atoms with Crippen molar-refractivity contribution in [2.75, 3.05) is 6.61 Å². The van der Waals surface area contributed by atoms with E-state index in [-0.39, 0.29) is 34.4 Å². The van der Waals surface area contributed by atoms with E-state index in [2.05, 4.69) is 0 Å². The molecule has 7 nitrogen and oxygen atoms in total. The molecular weight excluding hydrogens is 412 g/mol. The number of carbonyl (C=O) groups excluding carboxylic acids is 3. The molecule has 0 amide bonds. The second-order valence-corrected chi connectivity index (χ2v) is 8.03. The number of rotatable bonds is 5. The standard InChI is InChI=1S/C22H21ClO7/c1-12(2)11-27-19(24)15-9-13(5-7-17(15)23)18-8-6-14(28-18)10-16-20(25)29-22(3,4)30-21(16)26/h5-10,12H,11H2,1-4H3. The number of halogens is 1. The Labute approximate surface area is 178 Å². The van der Waals surface area contributed by atoms with Gasteiger partial charge in [0, 0.05) is 25.5 Å². The lowest BCUT2D eigenvalue weighted by Gasteiger charge is -2.29. The first-order valence-electron chi connectivity index (χ1n) is 9.31. The Kier molecular flexibility index (Phi) is 6.03. The average Bonchev–Trinajstić information content (AvgIpc) is 3.11. The fourth-order valence-corrected chi connectivity index (χ4v) is 2.86. The Morgan fingerprint density at radius 2 is 1.80 bits per heavy atom. The summed E-state index contributed by atoms with van der Waals surface area (Å²) in [5, 5.41) is 0.261. The van der Waals surface area contributed by atoms with E-state index >= 15 is 0 Å². The Balaban J connectivity index is 1.84. The minimum Gasteiger partial charge on any atom is -0.462 e. The van der Waals surface area contributed by atoms with E-state index < -0.39 is 23.7 Å². The topological polar surface area (TPSA) is 92.0 Å². The molecule has 1 aliphatic heterocycles. The lowest BCUT2D eigenvalue weighted by Crippen LogP contribution is -2.41. The third kappa shape index (κ3) is 4.91. The lowest BCUT2D eigenvalue weighted by molar-refractivity contribution is -0.222. The molecule has 3 rings (SSSR count). The zero-order valence-electron chi connectivity index (χ0n) is 17.0. The normalized spacial score (nSPS) is 15.6. The summed E-state index contributed by atoms with van der Waals surface area (Å²) in [6, 6.07) is 8.03. The summed E-state index contributed by atoms with van der Waals surface area (Å²) in [5.74, 6) is -2.59. The highest BCUT2D eigenvalue weighted by molar-refractivity contribution is 6.33. The fourth-order valence-electron chi connectivity index (χ4n) is 2.66. The maximum atomic E-state index is 12.3. The second-order valence-electron chi connectivity index (χ2n) is 7.63. The van der Waals surface area contributed by atoms with Crippen LogP contribution >= 0.6 is 11.6 Å². The van der Waals surface area contributed by atoms with Crippen molar-refractivity contribution in [1.82, 2.24) is 0 Å². The number of hydrogen-bond acceptors (Lipinski definition) is 7. The van der Waals surface area contributed by atoms with E-state index in [1.165, 1.54) is 19.9 Å². The van der Waals surface area contributed by atoms with Crippen molar-refractivity contribution < 1.29 is 33.0 Å². The molecule has 1 aromatic heterocycles. The van der Waals surface area contributed by atoms with Gasteiger partial charge in [-0.1, -0.05) is 25.4 Å². The van der Waals surface area contributed by atoms with Crippen LogP contribution in [0, 0.1) is 5.92 Å². The Morgan fingerprint density at radius 3 is 2.43 bits per heavy atom. The molecule has 8 heteroatoms. The Bertz CT molecular complexity index is 1010.